The van der Waals surface area contributed by atoms with E-state index in [0.29, 0.717) is 41.4 Å². The van der Waals surface area contributed by atoms with Gasteiger partial charge in [-0.3, -0.25) is 4.79 Å². The number of carbonyl (C=O) groups excluding carboxylic acids is 1. The summed E-state index contributed by atoms with van der Waals surface area (Å²) in [5.74, 6) is 0.212. The molecule has 3 heterocycles. The van der Waals surface area contributed by atoms with Crippen LogP contribution in [0.2, 0.25) is 0 Å². The maximum atomic E-state index is 14.1. The molecule has 1 aliphatic rings. The number of halogens is 1. The Labute approximate surface area is 171 Å². The normalized spacial score (nSPS) is 13.3. The minimum atomic E-state index is -0.376. The second kappa shape index (κ2) is 7.29. The average molecular weight is 404 g/mol. The molecule has 1 amide bonds. The zero-order chi connectivity index (χ0) is 19.8. The van der Waals surface area contributed by atoms with E-state index >= 15 is 0 Å². The van der Waals surface area contributed by atoms with Crippen LogP contribution in [0.5, 0.6) is 0 Å². The van der Waals surface area contributed by atoms with Crippen LogP contribution in [0, 0.1) is 5.82 Å². The van der Waals surface area contributed by atoms with Gasteiger partial charge in [0.15, 0.2) is 5.76 Å². The molecule has 0 saturated carbocycles. The molecule has 0 spiro atoms. The number of amides is 1. The molecule has 2 aromatic heterocycles. The van der Waals surface area contributed by atoms with Crippen molar-refractivity contribution in [1.29, 1.82) is 0 Å². The molecule has 6 heteroatoms. The predicted octanol–water partition coefficient (Wildman–Crippen LogP) is 5.41. The van der Waals surface area contributed by atoms with Crippen LogP contribution in [-0.4, -0.2) is 22.3 Å². The van der Waals surface area contributed by atoms with Gasteiger partial charge in [0, 0.05) is 23.5 Å². The van der Waals surface area contributed by atoms with E-state index in [-0.39, 0.29) is 11.7 Å². The topological polar surface area (TPSA) is 46.3 Å². The van der Waals surface area contributed by atoms with Gasteiger partial charge < -0.3 is 9.32 Å². The molecule has 0 unspecified atom stereocenters. The van der Waals surface area contributed by atoms with Gasteiger partial charge in [0.1, 0.15) is 5.82 Å². The lowest BCUT2D eigenvalue weighted by Crippen LogP contribution is -2.35. The second-order valence-electron chi connectivity index (χ2n) is 6.90. The lowest BCUT2D eigenvalue weighted by molar-refractivity contribution is 0.0736. The monoisotopic (exact) mass is 404 g/mol. The highest BCUT2D eigenvalue weighted by atomic mass is 32.1. The summed E-state index contributed by atoms with van der Waals surface area (Å²) in [6.07, 6.45) is 2.37. The summed E-state index contributed by atoms with van der Waals surface area (Å²) < 4.78 is 19.9. The average Bonchev–Trinajstić information content (AvgIpc) is 3.42. The Kier molecular flexibility index (Phi) is 4.48. The summed E-state index contributed by atoms with van der Waals surface area (Å²) in [7, 11) is 0. The fourth-order valence-electron chi connectivity index (χ4n) is 3.63. The van der Waals surface area contributed by atoms with Gasteiger partial charge >= 0.3 is 0 Å². The third kappa shape index (κ3) is 3.25. The van der Waals surface area contributed by atoms with E-state index < -0.39 is 0 Å². The first-order valence-electron chi connectivity index (χ1n) is 9.35. The molecule has 0 saturated heterocycles. The zero-order valence-electron chi connectivity index (χ0n) is 15.5. The minimum absolute atomic E-state index is 0.0527. The second-order valence-corrected chi connectivity index (χ2v) is 7.90. The minimum Gasteiger partial charge on any atom is -0.436 e. The Morgan fingerprint density at radius 1 is 1.07 bits per heavy atom. The fraction of sp³-hybridized carbons (Fsp3) is 0.130. The largest absolute Gasteiger partial charge is 0.436 e. The molecule has 4 nitrogen and oxygen atoms in total. The summed E-state index contributed by atoms with van der Waals surface area (Å²) in [6, 6.07) is 15.7. The zero-order valence-corrected chi connectivity index (χ0v) is 16.3. The maximum absolute atomic E-state index is 14.1. The molecular formula is C23H17FN2O2S. The van der Waals surface area contributed by atoms with Crippen molar-refractivity contribution in [3.05, 3.63) is 88.0 Å². The number of hydrogen-bond acceptors (Lipinski definition) is 4. The molecule has 0 N–H and O–H groups in total. The summed E-state index contributed by atoms with van der Waals surface area (Å²) in [6.45, 7) is 1.30. The van der Waals surface area contributed by atoms with Crippen LogP contribution < -0.4 is 0 Å². The van der Waals surface area contributed by atoms with Crippen molar-refractivity contribution in [1.82, 2.24) is 9.88 Å². The van der Waals surface area contributed by atoms with E-state index in [1.165, 1.54) is 22.7 Å². The molecule has 0 fully saturated rings. The van der Waals surface area contributed by atoms with Gasteiger partial charge in [-0.15, -0.1) is 11.3 Å². The van der Waals surface area contributed by atoms with Crippen molar-refractivity contribution in [2.24, 2.45) is 0 Å². The van der Waals surface area contributed by atoms with Crippen LogP contribution in [-0.2, 0) is 13.0 Å². The van der Waals surface area contributed by atoms with E-state index in [1.54, 1.807) is 35.6 Å². The van der Waals surface area contributed by atoms with Gasteiger partial charge in [0.2, 0.25) is 5.89 Å². The van der Waals surface area contributed by atoms with Crippen LogP contribution >= 0.6 is 11.3 Å². The van der Waals surface area contributed by atoms with E-state index in [0.717, 1.165) is 6.42 Å². The Hall–Kier alpha value is -3.25. The summed E-state index contributed by atoms with van der Waals surface area (Å²) in [4.78, 5) is 20.8. The molecule has 29 heavy (non-hydrogen) atoms. The van der Waals surface area contributed by atoms with Gasteiger partial charge in [-0.25, -0.2) is 9.37 Å². The molecule has 0 aliphatic carbocycles. The highest BCUT2D eigenvalue weighted by molar-refractivity contribution is 7.10. The lowest BCUT2D eigenvalue weighted by atomic mass is 10.0. The first-order chi connectivity index (χ1) is 14.2. The molecule has 0 radical (unpaired) electrons. The van der Waals surface area contributed by atoms with Crippen molar-refractivity contribution < 1.29 is 13.6 Å². The molecule has 144 valence electrons. The van der Waals surface area contributed by atoms with Crippen molar-refractivity contribution >= 4 is 17.2 Å². The molecule has 2 aromatic carbocycles. The summed E-state index contributed by atoms with van der Waals surface area (Å²) in [5, 5.41) is 2.07. The van der Waals surface area contributed by atoms with Crippen LogP contribution in [0.3, 0.4) is 0 Å². The Bertz CT molecular complexity index is 1200. The van der Waals surface area contributed by atoms with E-state index in [2.05, 4.69) is 16.4 Å². The van der Waals surface area contributed by atoms with E-state index in [4.69, 9.17) is 4.42 Å². The van der Waals surface area contributed by atoms with Crippen molar-refractivity contribution in [2.75, 3.05) is 6.54 Å². The number of aromatic nitrogens is 1. The smallest absolute Gasteiger partial charge is 0.254 e. The van der Waals surface area contributed by atoms with Gasteiger partial charge in [0.25, 0.3) is 5.91 Å². The van der Waals surface area contributed by atoms with Crippen molar-refractivity contribution in [2.45, 2.75) is 13.0 Å². The first-order valence-corrected chi connectivity index (χ1v) is 10.2. The molecule has 5 rings (SSSR count). The molecule has 0 bridgehead atoms. The van der Waals surface area contributed by atoms with Crippen LogP contribution in [0.25, 0.3) is 22.8 Å². The molecule has 0 atom stereocenters. The van der Waals surface area contributed by atoms with Crippen LogP contribution in [0.4, 0.5) is 4.39 Å². The van der Waals surface area contributed by atoms with Crippen LogP contribution in [0.15, 0.2) is 70.6 Å². The molecule has 1 aliphatic heterocycles. The summed E-state index contributed by atoms with van der Waals surface area (Å²) in [5.41, 5.74) is 2.70. The number of hydrogen-bond donors (Lipinski definition) is 0. The van der Waals surface area contributed by atoms with Crippen molar-refractivity contribution in [3.8, 4) is 22.8 Å². The number of benzene rings is 2. The number of fused-ring (bicyclic) bond motifs is 1. The molecular weight excluding hydrogens is 387 g/mol. The standard InChI is InChI=1S/C23H17FN2O2S/c24-19-8-4-3-7-18(19)20-13-25-22(28-20)16-5-1-2-6-17(16)23(27)26-11-9-21-15(14-26)10-12-29-21/h1-8,10,12-13H,9,11,14H2. The number of nitrogens with zero attached hydrogens (tertiary/aromatic N) is 2. The fourth-order valence-corrected chi connectivity index (χ4v) is 4.52. The van der Waals surface area contributed by atoms with Gasteiger partial charge in [0.05, 0.1) is 17.3 Å². The van der Waals surface area contributed by atoms with E-state index in [9.17, 15) is 9.18 Å². The van der Waals surface area contributed by atoms with Gasteiger partial charge in [-0.1, -0.05) is 24.3 Å². The predicted molar refractivity (Wildman–Crippen MR) is 110 cm³/mol. The highest BCUT2D eigenvalue weighted by Crippen LogP contribution is 2.31. The maximum Gasteiger partial charge on any atom is 0.254 e. The first kappa shape index (κ1) is 17.8. The SMILES string of the molecule is O=C(c1ccccc1-c1ncc(-c2ccccc2F)o1)N1CCc2sccc2C1. The Morgan fingerprint density at radius 2 is 1.86 bits per heavy atom. The third-order valence-electron chi connectivity index (χ3n) is 5.13. The highest BCUT2D eigenvalue weighted by Gasteiger charge is 2.25. The van der Waals surface area contributed by atoms with Gasteiger partial charge in [-0.2, -0.15) is 0 Å². The lowest BCUT2D eigenvalue weighted by Gasteiger charge is -2.27. The van der Waals surface area contributed by atoms with Crippen molar-refractivity contribution in [3.63, 3.8) is 0 Å². The van der Waals surface area contributed by atoms with Gasteiger partial charge in [-0.05, 0) is 47.7 Å². The molecule has 4 aromatic rings. The Morgan fingerprint density at radius 3 is 2.72 bits per heavy atom. The summed E-state index contributed by atoms with van der Waals surface area (Å²) >= 11 is 1.74. The van der Waals surface area contributed by atoms with E-state index in [1.807, 2.05) is 23.1 Å². The number of oxazole rings is 1. The number of carbonyl (C=O) groups is 1. The Balaban J connectivity index is 1.48. The quantitative estimate of drug-likeness (QED) is 0.459. The van der Waals surface area contributed by atoms with Crippen LogP contribution in [0.1, 0.15) is 20.8 Å². The third-order valence-corrected chi connectivity index (χ3v) is 6.15. The number of thiophene rings is 1. The number of rotatable bonds is 3.